The summed E-state index contributed by atoms with van der Waals surface area (Å²) in [5, 5.41) is 3.12. The minimum atomic E-state index is 0.0749. The summed E-state index contributed by atoms with van der Waals surface area (Å²) in [5.74, 6) is 1.63. The van der Waals surface area contributed by atoms with E-state index in [4.69, 9.17) is 0 Å². The number of anilines is 1. The number of piperazine rings is 1. The molecular formula is C22H34N6O2. The van der Waals surface area contributed by atoms with Crippen LogP contribution in [0.15, 0.2) is 18.5 Å². The molecule has 1 aromatic rings. The van der Waals surface area contributed by atoms with E-state index < -0.39 is 0 Å². The molecule has 164 valence electrons. The number of hydrogen-bond acceptors (Lipinski definition) is 6. The van der Waals surface area contributed by atoms with Crippen molar-refractivity contribution in [2.45, 2.75) is 38.5 Å². The zero-order chi connectivity index (χ0) is 20.8. The minimum Gasteiger partial charge on any atom is -0.355 e. The normalized spacial score (nSPS) is 21.7. The van der Waals surface area contributed by atoms with Gasteiger partial charge in [0.1, 0.15) is 0 Å². The van der Waals surface area contributed by atoms with Gasteiger partial charge in [-0.3, -0.25) is 14.5 Å². The van der Waals surface area contributed by atoms with Crippen molar-refractivity contribution in [3.63, 3.8) is 0 Å². The summed E-state index contributed by atoms with van der Waals surface area (Å²) in [4.78, 5) is 40.2. The van der Waals surface area contributed by atoms with Crippen LogP contribution in [0.2, 0.25) is 0 Å². The highest BCUT2D eigenvalue weighted by molar-refractivity contribution is 5.79. The van der Waals surface area contributed by atoms with E-state index in [0.29, 0.717) is 12.5 Å². The van der Waals surface area contributed by atoms with Gasteiger partial charge in [0.25, 0.3) is 0 Å². The van der Waals surface area contributed by atoms with Gasteiger partial charge >= 0.3 is 0 Å². The van der Waals surface area contributed by atoms with Crippen molar-refractivity contribution in [3.05, 3.63) is 18.5 Å². The highest BCUT2D eigenvalue weighted by Gasteiger charge is 2.29. The Morgan fingerprint density at radius 2 is 1.57 bits per heavy atom. The van der Waals surface area contributed by atoms with Gasteiger partial charge in [-0.25, -0.2) is 9.97 Å². The van der Waals surface area contributed by atoms with Gasteiger partial charge in [0.2, 0.25) is 17.8 Å². The van der Waals surface area contributed by atoms with Gasteiger partial charge in [-0.1, -0.05) is 12.8 Å². The number of hydrogen-bond donors (Lipinski definition) is 1. The Hall–Kier alpha value is -2.22. The van der Waals surface area contributed by atoms with E-state index in [1.54, 1.807) is 12.4 Å². The molecule has 0 atom stereocenters. The summed E-state index contributed by atoms with van der Waals surface area (Å²) in [6, 6.07) is 1.82. The van der Waals surface area contributed by atoms with Gasteiger partial charge in [-0.15, -0.1) is 0 Å². The maximum atomic E-state index is 12.5. The molecule has 3 heterocycles. The van der Waals surface area contributed by atoms with E-state index in [1.165, 1.54) is 12.8 Å². The maximum absolute atomic E-state index is 12.5. The molecule has 3 aliphatic rings. The lowest BCUT2D eigenvalue weighted by molar-refractivity contribution is -0.137. The third-order valence-electron chi connectivity index (χ3n) is 6.82. The quantitative estimate of drug-likeness (QED) is 0.752. The Kier molecular flexibility index (Phi) is 7.15. The van der Waals surface area contributed by atoms with E-state index in [9.17, 15) is 9.59 Å². The molecule has 1 N–H and O–H groups in total. The second-order valence-electron chi connectivity index (χ2n) is 8.75. The van der Waals surface area contributed by atoms with Crippen molar-refractivity contribution in [1.82, 2.24) is 25.1 Å². The van der Waals surface area contributed by atoms with Crippen molar-refractivity contribution in [2.24, 2.45) is 11.8 Å². The predicted octanol–water partition coefficient (Wildman–Crippen LogP) is 1.14. The molecule has 0 unspecified atom stereocenters. The van der Waals surface area contributed by atoms with E-state index >= 15 is 0 Å². The zero-order valence-electron chi connectivity index (χ0n) is 17.8. The molecular weight excluding hydrogens is 380 g/mol. The molecule has 1 aliphatic carbocycles. The van der Waals surface area contributed by atoms with E-state index in [-0.39, 0.29) is 17.7 Å². The minimum absolute atomic E-state index is 0.0749. The van der Waals surface area contributed by atoms with E-state index in [0.717, 1.165) is 77.4 Å². The molecule has 8 heteroatoms. The van der Waals surface area contributed by atoms with Crippen LogP contribution in [-0.2, 0) is 9.59 Å². The number of nitrogens with one attached hydrogen (secondary N) is 1. The third-order valence-corrected chi connectivity index (χ3v) is 6.82. The monoisotopic (exact) mass is 414 g/mol. The number of aromatic nitrogens is 2. The Labute approximate surface area is 179 Å². The van der Waals surface area contributed by atoms with Gasteiger partial charge in [0, 0.05) is 76.6 Å². The molecule has 1 saturated carbocycles. The van der Waals surface area contributed by atoms with Crippen molar-refractivity contribution < 1.29 is 9.59 Å². The number of amides is 2. The van der Waals surface area contributed by atoms with Crippen LogP contribution < -0.4 is 10.2 Å². The van der Waals surface area contributed by atoms with Crippen LogP contribution in [-0.4, -0.2) is 83.9 Å². The summed E-state index contributed by atoms with van der Waals surface area (Å²) in [6.07, 6.45) is 9.74. The predicted molar refractivity (Wildman–Crippen MR) is 115 cm³/mol. The number of rotatable bonds is 6. The lowest BCUT2D eigenvalue weighted by Crippen LogP contribution is -2.51. The third kappa shape index (κ3) is 5.28. The molecule has 30 heavy (non-hydrogen) atoms. The van der Waals surface area contributed by atoms with Crippen molar-refractivity contribution in [3.8, 4) is 0 Å². The lowest BCUT2D eigenvalue weighted by Gasteiger charge is -2.36. The van der Waals surface area contributed by atoms with Crippen molar-refractivity contribution >= 4 is 17.8 Å². The maximum Gasteiger partial charge on any atom is 0.225 e. The molecule has 2 saturated heterocycles. The summed E-state index contributed by atoms with van der Waals surface area (Å²) >= 11 is 0. The molecule has 1 aromatic heterocycles. The van der Waals surface area contributed by atoms with Crippen LogP contribution >= 0.6 is 0 Å². The molecule has 0 radical (unpaired) electrons. The number of nitrogens with zero attached hydrogens (tertiary/aromatic N) is 5. The fourth-order valence-corrected chi connectivity index (χ4v) is 4.90. The van der Waals surface area contributed by atoms with Crippen LogP contribution in [0, 0.1) is 11.8 Å². The molecule has 0 aromatic carbocycles. The zero-order valence-corrected chi connectivity index (χ0v) is 17.8. The van der Waals surface area contributed by atoms with E-state index in [2.05, 4.69) is 30.0 Å². The Morgan fingerprint density at radius 1 is 0.900 bits per heavy atom. The number of piperidine rings is 1. The summed E-state index contributed by atoms with van der Waals surface area (Å²) in [6.45, 7) is 6.63. The van der Waals surface area contributed by atoms with Gasteiger partial charge in [0.15, 0.2) is 0 Å². The molecule has 2 amide bonds. The molecule has 0 bridgehead atoms. The topological polar surface area (TPSA) is 81.7 Å². The second-order valence-corrected chi connectivity index (χ2v) is 8.75. The Bertz CT molecular complexity index is 693. The van der Waals surface area contributed by atoms with E-state index in [1.807, 2.05) is 6.07 Å². The number of carbonyl (C=O) groups excluding carboxylic acids is 2. The Balaban J connectivity index is 1.11. The van der Waals surface area contributed by atoms with Gasteiger partial charge in [-0.2, -0.15) is 0 Å². The van der Waals surface area contributed by atoms with Crippen LogP contribution in [0.25, 0.3) is 0 Å². The van der Waals surface area contributed by atoms with Crippen LogP contribution in [0.1, 0.15) is 38.5 Å². The summed E-state index contributed by atoms with van der Waals surface area (Å²) in [7, 11) is 0. The van der Waals surface area contributed by atoms with Gasteiger partial charge in [-0.05, 0) is 31.7 Å². The molecule has 0 spiro atoms. The molecule has 2 aliphatic heterocycles. The van der Waals surface area contributed by atoms with Crippen LogP contribution in [0.3, 0.4) is 0 Å². The van der Waals surface area contributed by atoms with Gasteiger partial charge in [0.05, 0.1) is 0 Å². The first kappa shape index (κ1) is 21.0. The van der Waals surface area contributed by atoms with Crippen molar-refractivity contribution in [1.29, 1.82) is 0 Å². The summed E-state index contributed by atoms with van der Waals surface area (Å²) < 4.78 is 0. The molecule has 8 nitrogen and oxygen atoms in total. The fraction of sp³-hybridized carbons (Fsp3) is 0.727. The molecule has 3 fully saturated rings. The fourth-order valence-electron chi connectivity index (χ4n) is 4.90. The van der Waals surface area contributed by atoms with Crippen LogP contribution in [0.4, 0.5) is 5.95 Å². The number of carbonyl (C=O) groups is 2. The first-order chi connectivity index (χ1) is 14.7. The highest BCUT2D eigenvalue weighted by atomic mass is 16.2. The average Bonchev–Trinajstić information content (AvgIpc) is 3.35. The lowest BCUT2D eigenvalue weighted by atomic mass is 9.96. The first-order valence-electron chi connectivity index (χ1n) is 11.5. The molecule has 4 rings (SSSR count). The Morgan fingerprint density at radius 3 is 2.23 bits per heavy atom. The standard InChI is InChI=1S/C22H34N6O2/c29-20(18-6-11-28(12-7-18)22-24-8-3-9-25-22)23-10-13-26-14-16-27(17-15-26)21(30)19-4-1-2-5-19/h3,8-9,18-19H,1-2,4-7,10-17H2,(H,23,29). The largest absolute Gasteiger partial charge is 0.355 e. The van der Waals surface area contributed by atoms with Gasteiger partial charge < -0.3 is 15.1 Å². The average molecular weight is 415 g/mol. The highest BCUT2D eigenvalue weighted by Crippen LogP contribution is 2.27. The van der Waals surface area contributed by atoms with Crippen LogP contribution in [0.5, 0.6) is 0 Å². The summed E-state index contributed by atoms with van der Waals surface area (Å²) in [5.41, 5.74) is 0. The second kappa shape index (κ2) is 10.2. The SMILES string of the molecule is O=C(NCCN1CCN(C(=O)C2CCCC2)CC1)C1CCN(c2ncccn2)CC1. The van der Waals surface area contributed by atoms with Crippen molar-refractivity contribution in [2.75, 3.05) is 57.3 Å². The first-order valence-corrected chi connectivity index (χ1v) is 11.5. The smallest absolute Gasteiger partial charge is 0.225 e.